The van der Waals surface area contributed by atoms with Crippen LogP contribution in [0.15, 0.2) is 30.3 Å². The second kappa shape index (κ2) is 14.8. The summed E-state index contributed by atoms with van der Waals surface area (Å²) in [6, 6.07) is 9.64. The Bertz CT molecular complexity index is 928. The summed E-state index contributed by atoms with van der Waals surface area (Å²) in [4.78, 5) is 40.8. The van der Waals surface area contributed by atoms with E-state index in [1.54, 1.807) is 7.11 Å². The largest absolute Gasteiger partial charge is 0.466 e. The van der Waals surface area contributed by atoms with Gasteiger partial charge >= 0.3 is 11.9 Å². The highest BCUT2D eigenvalue weighted by Crippen LogP contribution is 2.47. The maximum absolute atomic E-state index is 14.4. The van der Waals surface area contributed by atoms with Crippen molar-refractivity contribution in [2.45, 2.75) is 104 Å². The number of benzene rings is 1. The van der Waals surface area contributed by atoms with Crippen molar-refractivity contribution < 1.29 is 28.6 Å². The second-order valence-electron chi connectivity index (χ2n) is 11.6. The van der Waals surface area contributed by atoms with Crippen molar-refractivity contribution in [3.8, 4) is 0 Å². The fraction of sp³-hybridized carbons (Fsp3) is 0.719. The van der Waals surface area contributed by atoms with Gasteiger partial charge in [0.25, 0.3) is 0 Å². The van der Waals surface area contributed by atoms with E-state index in [1.807, 2.05) is 37.3 Å². The molecular weight excluding hydrogens is 494 g/mol. The number of rotatable bonds is 14. The van der Waals surface area contributed by atoms with Crippen molar-refractivity contribution in [2.24, 2.45) is 23.2 Å². The van der Waals surface area contributed by atoms with Gasteiger partial charge in [-0.15, -0.1) is 0 Å². The zero-order valence-electron chi connectivity index (χ0n) is 24.5. The Morgan fingerprint density at radius 3 is 2.33 bits per heavy atom. The average Bonchev–Trinajstić information content (AvgIpc) is 3.44. The van der Waals surface area contributed by atoms with Crippen LogP contribution in [0, 0.1) is 23.2 Å². The van der Waals surface area contributed by atoms with Gasteiger partial charge in [0, 0.05) is 13.7 Å². The molecule has 0 bridgehead atoms. The molecule has 0 aromatic heterocycles. The molecular formula is C32H49NO6. The summed E-state index contributed by atoms with van der Waals surface area (Å²) in [7, 11) is 1.62. The first-order valence-electron chi connectivity index (χ1n) is 15.0. The molecule has 39 heavy (non-hydrogen) atoms. The summed E-state index contributed by atoms with van der Waals surface area (Å²) in [5.41, 5.74) is -0.370. The van der Waals surface area contributed by atoms with Gasteiger partial charge in [0.15, 0.2) is 0 Å². The third-order valence-corrected chi connectivity index (χ3v) is 9.27. The van der Waals surface area contributed by atoms with E-state index in [-0.39, 0.29) is 36.3 Å². The van der Waals surface area contributed by atoms with Crippen molar-refractivity contribution in [1.82, 2.24) is 5.32 Å². The third kappa shape index (κ3) is 7.62. The topological polar surface area (TPSA) is 90.9 Å². The van der Waals surface area contributed by atoms with E-state index in [9.17, 15) is 14.4 Å². The van der Waals surface area contributed by atoms with Gasteiger partial charge in [-0.1, -0.05) is 76.3 Å². The lowest BCUT2D eigenvalue weighted by Gasteiger charge is -2.49. The lowest BCUT2D eigenvalue weighted by molar-refractivity contribution is -0.156. The van der Waals surface area contributed by atoms with Crippen LogP contribution in [0.2, 0.25) is 0 Å². The molecule has 1 N–H and O–H groups in total. The molecule has 0 spiro atoms. The Hall–Kier alpha value is -2.41. The highest BCUT2D eigenvalue weighted by atomic mass is 16.5. The quantitative estimate of drug-likeness (QED) is 0.290. The zero-order valence-corrected chi connectivity index (χ0v) is 24.5. The highest BCUT2D eigenvalue weighted by molar-refractivity contribution is 5.86. The van der Waals surface area contributed by atoms with Gasteiger partial charge in [-0.25, -0.2) is 0 Å². The van der Waals surface area contributed by atoms with Crippen LogP contribution in [-0.2, 0) is 35.2 Å². The van der Waals surface area contributed by atoms with Crippen molar-refractivity contribution in [3.63, 3.8) is 0 Å². The Labute approximate surface area is 234 Å². The Morgan fingerprint density at radius 2 is 1.69 bits per heavy atom. The minimum atomic E-state index is -0.665. The summed E-state index contributed by atoms with van der Waals surface area (Å²) in [6.07, 6.45) is 8.54. The Balaban J connectivity index is 1.84. The van der Waals surface area contributed by atoms with E-state index in [0.29, 0.717) is 26.1 Å². The number of amides is 1. The molecule has 0 radical (unpaired) electrons. The lowest BCUT2D eigenvalue weighted by Crippen LogP contribution is -2.63. The first kappa shape index (κ1) is 31.1. The maximum atomic E-state index is 14.4. The SMILES string of the molecule is CCOC(=O)C1CCCCC1(NC(=O)C1(CC(CCOC)C(=O)OCc2ccccc2)CCCC1)C(C)CC. The van der Waals surface area contributed by atoms with Gasteiger partial charge in [-0.05, 0) is 56.9 Å². The first-order chi connectivity index (χ1) is 18.8. The number of carbonyl (C=O) groups is 3. The van der Waals surface area contributed by atoms with Crippen LogP contribution >= 0.6 is 0 Å². The molecule has 2 saturated carbocycles. The number of carbonyl (C=O) groups excluding carboxylic acids is 3. The van der Waals surface area contributed by atoms with E-state index in [1.165, 1.54) is 0 Å². The Morgan fingerprint density at radius 1 is 1.00 bits per heavy atom. The lowest BCUT2D eigenvalue weighted by atomic mass is 9.64. The van der Waals surface area contributed by atoms with Crippen molar-refractivity contribution in [2.75, 3.05) is 20.3 Å². The molecule has 4 atom stereocenters. The van der Waals surface area contributed by atoms with Gasteiger partial charge in [0.05, 0.1) is 29.4 Å². The van der Waals surface area contributed by atoms with Crippen LogP contribution in [0.1, 0.15) is 97.0 Å². The van der Waals surface area contributed by atoms with Crippen LogP contribution in [0.25, 0.3) is 0 Å². The van der Waals surface area contributed by atoms with Crippen molar-refractivity contribution >= 4 is 17.8 Å². The monoisotopic (exact) mass is 543 g/mol. The molecule has 7 nitrogen and oxygen atoms in total. The third-order valence-electron chi connectivity index (χ3n) is 9.27. The smallest absolute Gasteiger partial charge is 0.311 e. The molecule has 0 heterocycles. The molecule has 2 fully saturated rings. The van der Waals surface area contributed by atoms with Gasteiger partial charge in [-0.3, -0.25) is 14.4 Å². The van der Waals surface area contributed by atoms with Crippen LogP contribution in [0.5, 0.6) is 0 Å². The molecule has 3 rings (SSSR count). The average molecular weight is 544 g/mol. The van der Waals surface area contributed by atoms with Crippen molar-refractivity contribution in [3.05, 3.63) is 35.9 Å². The van der Waals surface area contributed by atoms with Crippen molar-refractivity contribution in [1.29, 1.82) is 0 Å². The Kier molecular flexibility index (Phi) is 11.8. The van der Waals surface area contributed by atoms with E-state index < -0.39 is 16.9 Å². The number of hydrogen-bond acceptors (Lipinski definition) is 6. The molecule has 7 heteroatoms. The summed E-state index contributed by atoms with van der Waals surface area (Å²) in [5.74, 6) is -1.19. The predicted octanol–water partition coefficient (Wildman–Crippen LogP) is 5.99. The molecule has 4 unspecified atom stereocenters. The predicted molar refractivity (Wildman–Crippen MR) is 151 cm³/mol. The highest BCUT2D eigenvalue weighted by Gasteiger charge is 2.53. The van der Waals surface area contributed by atoms with Gasteiger partial charge in [0.1, 0.15) is 6.61 Å². The molecule has 2 aliphatic carbocycles. The normalized spacial score (nSPS) is 23.9. The van der Waals surface area contributed by atoms with E-state index in [0.717, 1.165) is 63.4 Å². The van der Waals surface area contributed by atoms with E-state index >= 15 is 0 Å². The summed E-state index contributed by atoms with van der Waals surface area (Å²) in [6.45, 7) is 7.04. The molecule has 218 valence electrons. The molecule has 0 saturated heterocycles. The van der Waals surface area contributed by atoms with E-state index in [2.05, 4.69) is 19.2 Å². The summed E-state index contributed by atoms with van der Waals surface area (Å²) >= 11 is 0. The summed E-state index contributed by atoms with van der Waals surface area (Å²) < 4.78 is 16.6. The van der Waals surface area contributed by atoms with E-state index in [4.69, 9.17) is 14.2 Å². The minimum absolute atomic E-state index is 0.0187. The number of esters is 2. The number of methoxy groups -OCH3 is 1. The van der Waals surface area contributed by atoms with Gasteiger partial charge < -0.3 is 19.5 Å². The van der Waals surface area contributed by atoms with Crippen LogP contribution < -0.4 is 5.32 Å². The molecule has 2 aliphatic rings. The van der Waals surface area contributed by atoms with Gasteiger partial charge in [0.2, 0.25) is 5.91 Å². The fourth-order valence-corrected chi connectivity index (χ4v) is 6.80. The molecule has 1 aromatic rings. The van der Waals surface area contributed by atoms with Crippen LogP contribution in [-0.4, -0.2) is 43.7 Å². The molecule has 0 aliphatic heterocycles. The standard InChI is InChI=1S/C32H49NO6/c1-5-24(3)32(20-11-10-16-27(32)29(35)38-6-2)33-30(36)31(18-12-13-19-31)22-26(17-21-37-4)28(34)39-23-25-14-8-7-9-15-25/h7-9,14-15,24,26-27H,5-6,10-13,16-23H2,1-4H3,(H,33,36). The second-order valence-corrected chi connectivity index (χ2v) is 11.6. The number of nitrogens with one attached hydrogen (secondary N) is 1. The van der Waals surface area contributed by atoms with Gasteiger partial charge in [-0.2, -0.15) is 0 Å². The molecule has 1 amide bonds. The fourth-order valence-electron chi connectivity index (χ4n) is 6.80. The first-order valence-corrected chi connectivity index (χ1v) is 15.0. The maximum Gasteiger partial charge on any atom is 0.311 e. The zero-order chi connectivity index (χ0) is 28.3. The number of ether oxygens (including phenoxy) is 3. The minimum Gasteiger partial charge on any atom is -0.466 e. The number of hydrogen-bond donors (Lipinski definition) is 1. The van der Waals surface area contributed by atoms with Crippen LogP contribution in [0.3, 0.4) is 0 Å². The van der Waals surface area contributed by atoms with Crippen LogP contribution in [0.4, 0.5) is 0 Å². The summed E-state index contributed by atoms with van der Waals surface area (Å²) in [5, 5.41) is 3.49. The molecule has 1 aromatic carbocycles.